The predicted octanol–water partition coefficient (Wildman–Crippen LogP) is 5.97. The summed E-state index contributed by atoms with van der Waals surface area (Å²) in [5, 5.41) is 0. The number of aryl methyl sites for hydroxylation is 2. The summed E-state index contributed by atoms with van der Waals surface area (Å²) < 4.78 is 24.9. The number of hydrogen-bond acceptors (Lipinski definition) is 5. The van der Waals surface area contributed by atoms with E-state index in [1.54, 1.807) is 18.2 Å². The predicted molar refractivity (Wildman–Crippen MR) is 121 cm³/mol. The minimum absolute atomic E-state index is 0.0313. The van der Waals surface area contributed by atoms with Gasteiger partial charge in [0.05, 0.1) is 14.2 Å². The van der Waals surface area contributed by atoms with Crippen molar-refractivity contribution in [2.24, 2.45) is 0 Å². The lowest BCUT2D eigenvalue weighted by atomic mass is 9.98. The molecule has 30 heavy (non-hydrogen) atoms. The van der Waals surface area contributed by atoms with Crippen LogP contribution in [-0.4, -0.2) is 31.4 Å². The number of hydrogen-bond donors (Lipinski definition) is 0. The Bertz CT molecular complexity index is 848. The van der Waals surface area contributed by atoms with Crippen LogP contribution in [0.4, 0.5) is 0 Å². The summed E-state index contributed by atoms with van der Waals surface area (Å²) in [5.74, 6) is 0.506. The molecule has 2 rings (SSSR count). The van der Waals surface area contributed by atoms with Crippen molar-refractivity contribution < 1.29 is 23.6 Å². The summed E-state index contributed by atoms with van der Waals surface area (Å²) in [6.45, 7) is 5.85. The van der Waals surface area contributed by atoms with E-state index in [0.29, 0.717) is 24.8 Å². The molecule has 0 N–H and O–H groups in total. The van der Waals surface area contributed by atoms with Gasteiger partial charge in [0.2, 0.25) is 18.2 Å². The molecular weight excluding hydrogens is 399 g/mol. The second kappa shape index (κ2) is 10.6. The highest BCUT2D eigenvalue weighted by Crippen LogP contribution is 2.55. The van der Waals surface area contributed by atoms with Crippen molar-refractivity contribution >= 4 is 18.2 Å². The van der Waals surface area contributed by atoms with Gasteiger partial charge in [-0.3, -0.25) is 9.59 Å². The van der Waals surface area contributed by atoms with Crippen molar-refractivity contribution in [1.29, 1.82) is 0 Å². The van der Waals surface area contributed by atoms with Gasteiger partial charge in [0.1, 0.15) is 17.1 Å². The molecule has 5 nitrogen and oxygen atoms in total. The van der Waals surface area contributed by atoms with Gasteiger partial charge in [0, 0.05) is 11.7 Å². The third-order valence-electron chi connectivity index (χ3n) is 5.34. The Morgan fingerprint density at radius 2 is 1.27 bits per heavy atom. The third kappa shape index (κ3) is 4.52. The zero-order valence-electron chi connectivity index (χ0n) is 18.5. The maximum atomic E-state index is 14.2. The first kappa shape index (κ1) is 23.9. The highest BCUT2D eigenvalue weighted by molar-refractivity contribution is 7.95. The molecule has 1 unspecified atom stereocenters. The second-order valence-electron chi connectivity index (χ2n) is 7.12. The molecule has 162 valence electrons. The molecule has 0 fully saturated rings. The van der Waals surface area contributed by atoms with Gasteiger partial charge >= 0.3 is 0 Å². The van der Waals surface area contributed by atoms with Crippen LogP contribution in [0, 0.1) is 0 Å². The fourth-order valence-corrected chi connectivity index (χ4v) is 6.20. The zero-order chi connectivity index (χ0) is 22.3. The number of unbranched alkanes of at least 4 members (excludes halogenated alkanes) is 1. The minimum atomic E-state index is -3.96. The summed E-state index contributed by atoms with van der Waals surface area (Å²) in [6, 6.07) is 10.5. The molecule has 0 bridgehead atoms. The lowest BCUT2D eigenvalue weighted by Crippen LogP contribution is -2.18. The van der Waals surface area contributed by atoms with E-state index in [4.69, 9.17) is 9.47 Å². The van der Waals surface area contributed by atoms with Crippen LogP contribution in [0.2, 0.25) is 0 Å². The largest absolute Gasteiger partial charge is 0.496 e. The molecule has 0 heterocycles. The first-order chi connectivity index (χ1) is 14.4. The SMILES string of the molecule is CCCCP(=O)(C(=O)c1c(CC)cccc1CC)C(=O)c1c(OC)cccc1OC. The molecule has 0 aromatic heterocycles. The van der Waals surface area contributed by atoms with Gasteiger partial charge < -0.3 is 14.0 Å². The molecule has 0 saturated carbocycles. The van der Waals surface area contributed by atoms with E-state index in [9.17, 15) is 14.2 Å². The average molecular weight is 430 g/mol. The van der Waals surface area contributed by atoms with Crippen molar-refractivity contribution in [3.8, 4) is 11.5 Å². The van der Waals surface area contributed by atoms with Crippen molar-refractivity contribution in [3.05, 3.63) is 58.7 Å². The molecular formula is C24H31O5P. The third-order valence-corrected chi connectivity index (χ3v) is 8.04. The summed E-state index contributed by atoms with van der Waals surface area (Å²) in [6.07, 6.45) is 2.51. The van der Waals surface area contributed by atoms with Crippen LogP contribution in [0.5, 0.6) is 11.5 Å². The number of rotatable bonds is 11. The van der Waals surface area contributed by atoms with Gasteiger partial charge in [0.25, 0.3) is 0 Å². The number of ether oxygens (including phenoxy) is 2. The summed E-state index contributed by atoms with van der Waals surface area (Å²) in [4.78, 5) is 27.5. The number of methoxy groups -OCH3 is 2. The summed E-state index contributed by atoms with van der Waals surface area (Å²) in [5.41, 5.74) is 0.893. The smallest absolute Gasteiger partial charge is 0.236 e. The molecule has 0 radical (unpaired) electrons. The Kier molecular flexibility index (Phi) is 8.43. The molecule has 0 amide bonds. The van der Waals surface area contributed by atoms with Gasteiger partial charge in [-0.05, 0) is 42.5 Å². The van der Waals surface area contributed by atoms with Crippen molar-refractivity contribution in [1.82, 2.24) is 0 Å². The zero-order valence-corrected chi connectivity index (χ0v) is 19.4. The lowest BCUT2D eigenvalue weighted by molar-refractivity contribution is 0.103. The van der Waals surface area contributed by atoms with E-state index in [2.05, 4.69) is 0 Å². The Balaban J connectivity index is 2.73. The molecule has 1 atom stereocenters. The second-order valence-corrected chi connectivity index (χ2v) is 9.86. The van der Waals surface area contributed by atoms with Gasteiger partial charge in [-0.1, -0.05) is 51.5 Å². The number of carbonyl (C=O) groups is 2. The van der Waals surface area contributed by atoms with Crippen LogP contribution < -0.4 is 9.47 Å². The van der Waals surface area contributed by atoms with E-state index >= 15 is 0 Å². The van der Waals surface area contributed by atoms with Crippen molar-refractivity contribution in [2.75, 3.05) is 20.4 Å². The maximum Gasteiger partial charge on any atom is 0.236 e. The Morgan fingerprint density at radius 1 is 0.800 bits per heavy atom. The quantitative estimate of drug-likeness (QED) is 0.411. The maximum absolute atomic E-state index is 14.2. The molecule has 0 saturated heterocycles. The van der Waals surface area contributed by atoms with Gasteiger partial charge in [-0.25, -0.2) is 0 Å². The topological polar surface area (TPSA) is 69.7 Å². The molecule has 6 heteroatoms. The van der Waals surface area contributed by atoms with Crippen LogP contribution in [0.25, 0.3) is 0 Å². The average Bonchev–Trinajstić information content (AvgIpc) is 2.79. The molecule has 0 aliphatic rings. The van der Waals surface area contributed by atoms with E-state index < -0.39 is 18.2 Å². The van der Waals surface area contributed by atoms with Gasteiger partial charge in [-0.2, -0.15) is 0 Å². The normalized spacial score (nSPS) is 12.8. The Labute approximate surface area is 179 Å². The van der Waals surface area contributed by atoms with Crippen LogP contribution in [0.3, 0.4) is 0 Å². The molecule has 0 aliphatic heterocycles. The Morgan fingerprint density at radius 3 is 1.70 bits per heavy atom. The highest BCUT2D eigenvalue weighted by Gasteiger charge is 2.43. The van der Waals surface area contributed by atoms with Crippen LogP contribution >= 0.6 is 7.14 Å². The van der Waals surface area contributed by atoms with E-state index in [0.717, 1.165) is 17.5 Å². The lowest BCUT2D eigenvalue weighted by Gasteiger charge is -2.21. The molecule has 0 spiro atoms. The van der Waals surface area contributed by atoms with Crippen molar-refractivity contribution in [3.63, 3.8) is 0 Å². The monoisotopic (exact) mass is 430 g/mol. The van der Waals surface area contributed by atoms with E-state index in [1.165, 1.54) is 14.2 Å². The van der Waals surface area contributed by atoms with Crippen LogP contribution in [0.15, 0.2) is 36.4 Å². The minimum Gasteiger partial charge on any atom is -0.496 e. The Hall–Kier alpha value is -2.39. The number of carbonyl (C=O) groups excluding carboxylic acids is 2. The molecule has 0 aliphatic carbocycles. The molecule has 2 aromatic rings. The van der Waals surface area contributed by atoms with E-state index in [-0.39, 0.29) is 23.2 Å². The highest BCUT2D eigenvalue weighted by atomic mass is 31.2. The van der Waals surface area contributed by atoms with Gasteiger partial charge in [0.15, 0.2) is 0 Å². The first-order valence-electron chi connectivity index (χ1n) is 10.4. The van der Waals surface area contributed by atoms with Gasteiger partial charge in [-0.15, -0.1) is 0 Å². The fourth-order valence-electron chi connectivity index (χ4n) is 3.62. The van der Waals surface area contributed by atoms with Crippen molar-refractivity contribution in [2.45, 2.75) is 46.5 Å². The number of benzene rings is 2. The fraction of sp³-hybridized carbons (Fsp3) is 0.417. The summed E-state index contributed by atoms with van der Waals surface area (Å²) >= 11 is 0. The van der Waals surface area contributed by atoms with Crippen LogP contribution in [-0.2, 0) is 17.4 Å². The summed E-state index contributed by atoms with van der Waals surface area (Å²) in [7, 11) is -1.09. The standard InChI is InChI=1S/C24H31O5P/c1-6-9-16-30(27,23(25)21-17(7-2)12-10-13-18(21)8-3)24(26)22-19(28-4)14-11-15-20(22)29-5/h10-15H,6-9,16H2,1-5H3. The van der Waals surface area contributed by atoms with Crippen LogP contribution in [0.1, 0.15) is 65.5 Å². The van der Waals surface area contributed by atoms with E-state index in [1.807, 2.05) is 39.0 Å². The first-order valence-corrected chi connectivity index (χ1v) is 12.3. The molecule has 2 aromatic carbocycles.